The average molecular weight is 300 g/mol. The maximum atomic E-state index is 3.59. The van der Waals surface area contributed by atoms with E-state index in [1.807, 2.05) is 6.20 Å². The van der Waals surface area contributed by atoms with Crippen LogP contribution in [0.15, 0.2) is 24.5 Å². The summed E-state index contributed by atoms with van der Waals surface area (Å²) >= 11 is 0. The fourth-order valence-corrected chi connectivity index (χ4v) is 3.90. The summed E-state index contributed by atoms with van der Waals surface area (Å²) in [5.41, 5.74) is 5.66. The molecule has 0 aliphatic heterocycles. The van der Waals surface area contributed by atoms with Crippen molar-refractivity contribution in [3.8, 4) is 0 Å². The highest BCUT2D eigenvalue weighted by molar-refractivity contribution is 5.59. The van der Waals surface area contributed by atoms with Crippen molar-refractivity contribution in [3.05, 3.63) is 41.2 Å². The highest BCUT2D eigenvalue weighted by atomic mass is 14.9. The van der Waals surface area contributed by atoms with Gasteiger partial charge in [-0.05, 0) is 62.5 Å². The van der Waals surface area contributed by atoms with Crippen molar-refractivity contribution in [2.75, 3.05) is 5.32 Å². The van der Waals surface area contributed by atoms with E-state index in [-0.39, 0.29) is 0 Å². The Morgan fingerprint density at radius 2 is 1.73 bits per heavy atom. The Hall–Kier alpha value is -1.44. The molecule has 1 aromatic carbocycles. The van der Waals surface area contributed by atoms with Crippen LogP contribution in [0.4, 0.5) is 5.69 Å². The second-order valence-corrected chi connectivity index (χ2v) is 7.91. The van der Waals surface area contributed by atoms with Gasteiger partial charge in [0.1, 0.15) is 0 Å². The first-order valence-electron chi connectivity index (χ1n) is 8.54. The van der Waals surface area contributed by atoms with Gasteiger partial charge in [-0.15, -0.1) is 0 Å². The molecule has 1 aromatic rings. The molecule has 1 aliphatic rings. The summed E-state index contributed by atoms with van der Waals surface area (Å²) in [6, 6.07) is 5.05. The van der Waals surface area contributed by atoms with Gasteiger partial charge in [-0.1, -0.05) is 38.5 Å². The van der Waals surface area contributed by atoms with Crippen LogP contribution in [0.25, 0.3) is 0 Å². The Balaban J connectivity index is 1.89. The molecule has 0 aromatic heterocycles. The first-order valence-corrected chi connectivity index (χ1v) is 8.54. The van der Waals surface area contributed by atoms with Crippen LogP contribution in [0.3, 0.4) is 0 Å². The minimum atomic E-state index is 0.510. The Bertz CT molecular complexity index is 520. The van der Waals surface area contributed by atoms with Gasteiger partial charge in [0.2, 0.25) is 0 Å². The number of hydrogen-bond acceptors (Lipinski definition) is 2. The van der Waals surface area contributed by atoms with E-state index in [4.69, 9.17) is 0 Å². The van der Waals surface area contributed by atoms with Gasteiger partial charge in [-0.25, -0.2) is 0 Å². The summed E-state index contributed by atoms with van der Waals surface area (Å²) in [6.07, 6.45) is 8.00. The van der Waals surface area contributed by atoms with Crippen molar-refractivity contribution < 1.29 is 0 Å². The van der Waals surface area contributed by atoms with Crippen LogP contribution >= 0.6 is 0 Å². The van der Waals surface area contributed by atoms with Crippen LogP contribution in [-0.4, -0.2) is 6.04 Å². The van der Waals surface area contributed by atoms with Crippen LogP contribution < -0.4 is 10.6 Å². The highest BCUT2D eigenvalue weighted by Crippen LogP contribution is 2.38. The minimum absolute atomic E-state index is 0.510. The lowest BCUT2D eigenvalue weighted by Gasteiger charge is -2.39. The van der Waals surface area contributed by atoms with Crippen molar-refractivity contribution >= 4 is 5.69 Å². The predicted octanol–water partition coefficient (Wildman–Crippen LogP) is 5.30. The summed E-state index contributed by atoms with van der Waals surface area (Å²) in [4.78, 5) is 0. The van der Waals surface area contributed by atoms with Gasteiger partial charge in [0.25, 0.3) is 0 Å². The molecule has 2 atom stereocenters. The van der Waals surface area contributed by atoms with Crippen LogP contribution in [0.1, 0.15) is 56.7 Å². The molecule has 22 heavy (non-hydrogen) atoms. The Kier molecular flexibility index (Phi) is 5.20. The molecule has 0 bridgehead atoms. The van der Waals surface area contributed by atoms with E-state index in [1.165, 1.54) is 41.6 Å². The third-order valence-electron chi connectivity index (χ3n) is 4.99. The zero-order valence-corrected chi connectivity index (χ0v) is 15.1. The van der Waals surface area contributed by atoms with Gasteiger partial charge < -0.3 is 10.6 Å². The van der Waals surface area contributed by atoms with Crippen molar-refractivity contribution in [2.24, 2.45) is 11.3 Å². The summed E-state index contributed by atoms with van der Waals surface area (Å²) in [5.74, 6) is 0.733. The van der Waals surface area contributed by atoms with E-state index in [1.54, 1.807) is 0 Å². The second-order valence-electron chi connectivity index (χ2n) is 7.91. The molecule has 2 N–H and O–H groups in total. The Morgan fingerprint density at radius 1 is 1.09 bits per heavy atom. The lowest BCUT2D eigenvalue weighted by Crippen LogP contribution is -2.39. The maximum absolute atomic E-state index is 3.59. The van der Waals surface area contributed by atoms with E-state index in [9.17, 15) is 0 Å². The first kappa shape index (κ1) is 16.9. The van der Waals surface area contributed by atoms with Crippen LogP contribution in [-0.2, 0) is 0 Å². The number of nitrogens with one attached hydrogen (secondary N) is 2. The quantitative estimate of drug-likeness (QED) is 0.788. The van der Waals surface area contributed by atoms with Gasteiger partial charge >= 0.3 is 0 Å². The second kappa shape index (κ2) is 6.76. The lowest BCUT2D eigenvalue weighted by molar-refractivity contribution is 0.157. The standard InChI is InChI=1S/C20H32N2/c1-14-11-15(2)19(16(3)12-14)22-10-9-21-18-7-8-20(5,6)13-17(18)4/h9-12,17-18,21-22H,7-8,13H2,1-6H3/b10-9-. The smallest absolute Gasteiger partial charge is 0.0439 e. The molecular formula is C20H32N2. The number of hydrogen-bond donors (Lipinski definition) is 2. The zero-order chi connectivity index (χ0) is 16.3. The SMILES string of the molecule is Cc1cc(C)c(N/C=C\NC2CCC(C)(C)CC2C)c(C)c1. The van der Waals surface area contributed by atoms with Gasteiger partial charge in [0, 0.05) is 24.1 Å². The molecular weight excluding hydrogens is 268 g/mol. The third-order valence-corrected chi connectivity index (χ3v) is 4.99. The number of aryl methyl sites for hydroxylation is 3. The van der Waals surface area contributed by atoms with E-state index < -0.39 is 0 Å². The van der Waals surface area contributed by atoms with Crippen molar-refractivity contribution in [1.82, 2.24) is 5.32 Å². The number of benzene rings is 1. The van der Waals surface area contributed by atoms with E-state index in [2.05, 4.69) is 70.5 Å². The van der Waals surface area contributed by atoms with Gasteiger partial charge in [0.15, 0.2) is 0 Å². The molecule has 0 heterocycles. The average Bonchev–Trinajstić information content (AvgIpc) is 2.38. The highest BCUT2D eigenvalue weighted by Gasteiger charge is 2.31. The lowest BCUT2D eigenvalue weighted by atomic mass is 9.70. The molecule has 0 radical (unpaired) electrons. The van der Waals surface area contributed by atoms with Crippen molar-refractivity contribution in [1.29, 1.82) is 0 Å². The fourth-order valence-electron chi connectivity index (χ4n) is 3.90. The van der Waals surface area contributed by atoms with E-state index >= 15 is 0 Å². The largest absolute Gasteiger partial charge is 0.387 e. The molecule has 2 nitrogen and oxygen atoms in total. The molecule has 1 saturated carbocycles. The monoisotopic (exact) mass is 300 g/mol. The fraction of sp³-hybridized carbons (Fsp3) is 0.600. The van der Waals surface area contributed by atoms with Crippen LogP contribution in [0.5, 0.6) is 0 Å². The van der Waals surface area contributed by atoms with Crippen LogP contribution in [0, 0.1) is 32.1 Å². The Morgan fingerprint density at radius 3 is 2.32 bits per heavy atom. The number of anilines is 1. The van der Waals surface area contributed by atoms with E-state index in [0.29, 0.717) is 11.5 Å². The molecule has 122 valence electrons. The molecule has 2 unspecified atom stereocenters. The van der Waals surface area contributed by atoms with Crippen molar-refractivity contribution in [3.63, 3.8) is 0 Å². The first-order chi connectivity index (χ1) is 10.3. The molecule has 2 heteroatoms. The molecule has 0 spiro atoms. The third kappa shape index (κ3) is 4.28. The van der Waals surface area contributed by atoms with Gasteiger partial charge in [0.05, 0.1) is 0 Å². The summed E-state index contributed by atoms with van der Waals surface area (Å²) in [7, 11) is 0. The molecule has 1 fully saturated rings. The Labute approximate surface area is 136 Å². The van der Waals surface area contributed by atoms with Crippen molar-refractivity contribution in [2.45, 2.75) is 66.8 Å². The van der Waals surface area contributed by atoms with Crippen LogP contribution in [0.2, 0.25) is 0 Å². The molecule has 1 aliphatic carbocycles. The zero-order valence-electron chi connectivity index (χ0n) is 15.1. The normalized spacial score (nSPS) is 24.5. The van der Waals surface area contributed by atoms with Gasteiger partial charge in [-0.3, -0.25) is 0 Å². The molecule has 0 amide bonds. The van der Waals surface area contributed by atoms with Gasteiger partial charge in [-0.2, -0.15) is 0 Å². The summed E-state index contributed by atoms with van der Waals surface area (Å²) < 4.78 is 0. The summed E-state index contributed by atoms with van der Waals surface area (Å²) in [5, 5.41) is 7.02. The minimum Gasteiger partial charge on any atom is -0.387 e. The number of rotatable bonds is 4. The molecule has 2 rings (SSSR count). The predicted molar refractivity (Wildman–Crippen MR) is 97.1 cm³/mol. The summed E-state index contributed by atoms with van der Waals surface area (Å²) in [6.45, 7) is 13.6. The van der Waals surface area contributed by atoms with E-state index in [0.717, 1.165) is 5.92 Å². The maximum Gasteiger partial charge on any atom is 0.0439 e. The topological polar surface area (TPSA) is 24.1 Å². The molecule has 0 saturated heterocycles.